The fraction of sp³-hybridized carbons (Fsp3) is 0.929. The molecule has 0 aromatic rings. The number of halogens is 1. The fourth-order valence-electron chi connectivity index (χ4n) is 3.63. The first-order valence-corrected chi connectivity index (χ1v) is 8.36. The van der Waals surface area contributed by atoms with Gasteiger partial charge < -0.3 is 9.64 Å². The Balaban J connectivity index is 1.43. The van der Waals surface area contributed by atoms with Gasteiger partial charge in [0.2, 0.25) is 5.91 Å². The van der Waals surface area contributed by atoms with E-state index in [9.17, 15) is 4.79 Å². The van der Waals surface area contributed by atoms with E-state index in [1.165, 1.54) is 19.3 Å². The van der Waals surface area contributed by atoms with Gasteiger partial charge in [-0.1, -0.05) is 15.9 Å². The van der Waals surface area contributed by atoms with E-state index in [0.29, 0.717) is 17.9 Å². The maximum Gasteiger partial charge on any atom is 0.225 e. The molecule has 1 amide bonds. The lowest BCUT2D eigenvalue weighted by molar-refractivity contribution is -0.138. The molecule has 2 atom stereocenters. The van der Waals surface area contributed by atoms with Gasteiger partial charge in [0.15, 0.2) is 0 Å². The lowest BCUT2D eigenvalue weighted by atomic mass is 9.99. The monoisotopic (exact) mass is 315 g/mol. The van der Waals surface area contributed by atoms with Crippen molar-refractivity contribution in [3.05, 3.63) is 0 Å². The molecule has 3 nitrogen and oxygen atoms in total. The van der Waals surface area contributed by atoms with E-state index in [4.69, 9.17) is 4.74 Å². The summed E-state index contributed by atoms with van der Waals surface area (Å²) in [4.78, 5) is 14.5. The smallest absolute Gasteiger partial charge is 0.225 e. The highest BCUT2D eigenvalue weighted by Crippen LogP contribution is 2.54. The van der Waals surface area contributed by atoms with Gasteiger partial charge in [0.25, 0.3) is 0 Å². The number of amides is 1. The second kappa shape index (κ2) is 5.49. The van der Waals surface area contributed by atoms with Crippen LogP contribution in [0.25, 0.3) is 0 Å². The molecule has 3 fully saturated rings. The number of likely N-dealkylation sites (tertiary alicyclic amines) is 1. The van der Waals surface area contributed by atoms with Crippen LogP contribution in [0, 0.1) is 17.8 Å². The van der Waals surface area contributed by atoms with Crippen molar-refractivity contribution < 1.29 is 9.53 Å². The van der Waals surface area contributed by atoms with Crippen LogP contribution in [-0.4, -0.2) is 41.9 Å². The minimum atomic E-state index is 0.355. The number of alkyl halides is 1. The molecule has 1 saturated heterocycles. The molecule has 18 heavy (non-hydrogen) atoms. The largest absolute Gasteiger partial charge is 0.377 e. The van der Waals surface area contributed by atoms with Crippen LogP contribution in [0.4, 0.5) is 0 Å². The number of fused-ring (bicyclic) bond motifs is 1. The molecule has 0 spiro atoms. The van der Waals surface area contributed by atoms with E-state index in [-0.39, 0.29) is 0 Å². The minimum Gasteiger partial charge on any atom is -0.377 e. The Morgan fingerprint density at radius 1 is 1.17 bits per heavy atom. The van der Waals surface area contributed by atoms with Crippen molar-refractivity contribution in [2.75, 3.05) is 25.0 Å². The Hall–Kier alpha value is -0.0900. The van der Waals surface area contributed by atoms with Gasteiger partial charge in [-0.15, -0.1) is 0 Å². The maximum atomic E-state index is 12.4. The van der Waals surface area contributed by atoms with Gasteiger partial charge in [-0.25, -0.2) is 0 Å². The van der Waals surface area contributed by atoms with Crippen LogP contribution < -0.4 is 0 Å². The summed E-state index contributed by atoms with van der Waals surface area (Å²) in [6, 6.07) is 0. The van der Waals surface area contributed by atoms with Gasteiger partial charge in [0, 0.05) is 24.3 Å². The molecule has 0 bridgehead atoms. The van der Waals surface area contributed by atoms with Crippen molar-refractivity contribution in [3.8, 4) is 0 Å². The average molecular weight is 316 g/mol. The van der Waals surface area contributed by atoms with Gasteiger partial charge in [-0.3, -0.25) is 4.79 Å². The van der Waals surface area contributed by atoms with Gasteiger partial charge in [-0.05, 0) is 43.9 Å². The quantitative estimate of drug-likeness (QED) is 0.746. The van der Waals surface area contributed by atoms with Gasteiger partial charge in [0.05, 0.1) is 12.7 Å². The zero-order chi connectivity index (χ0) is 12.5. The highest BCUT2D eigenvalue weighted by Gasteiger charge is 2.48. The van der Waals surface area contributed by atoms with Gasteiger partial charge >= 0.3 is 0 Å². The Bertz CT molecular complexity index is 305. The lowest BCUT2D eigenvalue weighted by Crippen LogP contribution is -2.43. The molecule has 102 valence electrons. The summed E-state index contributed by atoms with van der Waals surface area (Å²) in [7, 11) is 0. The lowest BCUT2D eigenvalue weighted by Gasteiger charge is -2.33. The summed E-state index contributed by atoms with van der Waals surface area (Å²) >= 11 is 3.38. The summed E-state index contributed by atoms with van der Waals surface area (Å²) < 4.78 is 5.72. The summed E-state index contributed by atoms with van der Waals surface area (Å²) in [5.41, 5.74) is 0. The van der Waals surface area contributed by atoms with Crippen molar-refractivity contribution >= 4 is 21.8 Å². The number of hydrogen-bond donors (Lipinski definition) is 0. The van der Waals surface area contributed by atoms with Crippen LogP contribution in [0.3, 0.4) is 0 Å². The third-order valence-electron chi connectivity index (χ3n) is 4.78. The molecule has 3 rings (SSSR count). The average Bonchev–Trinajstić information content (AvgIpc) is 3.03. The molecule has 0 aromatic heterocycles. The third kappa shape index (κ3) is 2.74. The molecule has 2 aliphatic carbocycles. The molecular formula is C14H22BrNO2. The summed E-state index contributed by atoms with van der Waals surface area (Å²) in [5, 5.41) is 0.900. The molecule has 4 heteroatoms. The minimum absolute atomic E-state index is 0.355. The van der Waals surface area contributed by atoms with E-state index >= 15 is 0 Å². The Kier molecular flexibility index (Phi) is 3.94. The van der Waals surface area contributed by atoms with Crippen LogP contribution in [0.1, 0.15) is 32.1 Å². The molecule has 3 aliphatic rings. The first-order valence-electron chi connectivity index (χ1n) is 7.24. The molecule has 0 N–H and O–H groups in total. The zero-order valence-corrected chi connectivity index (χ0v) is 12.4. The Labute approximate surface area is 117 Å². The summed E-state index contributed by atoms with van der Waals surface area (Å²) in [6.45, 7) is 2.58. The van der Waals surface area contributed by atoms with Crippen molar-refractivity contribution in [1.82, 2.24) is 4.90 Å². The van der Waals surface area contributed by atoms with Crippen molar-refractivity contribution in [2.24, 2.45) is 17.8 Å². The maximum absolute atomic E-state index is 12.4. The Morgan fingerprint density at radius 2 is 1.83 bits per heavy atom. The third-order valence-corrected chi connectivity index (χ3v) is 5.10. The first-order chi connectivity index (χ1) is 8.78. The van der Waals surface area contributed by atoms with Gasteiger partial charge in [-0.2, -0.15) is 0 Å². The Morgan fingerprint density at radius 3 is 2.44 bits per heavy atom. The first kappa shape index (κ1) is 12.9. The van der Waals surface area contributed by atoms with E-state index in [1.54, 1.807) is 0 Å². The van der Waals surface area contributed by atoms with E-state index in [2.05, 4.69) is 20.8 Å². The van der Waals surface area contributed by atoms with Crippen molar-refractivity contribution in [2.45, 2.75) is 38.2 Å². The predicted molar refractivity (Wildman–Crippen MR) is 73.7 cm³/mol. The van der Waals surface area contributed by atoms with Crippen molar-refractivity contribution in [1.29, 1.82) is 0 Å². The number of hydrogen-bond acceptors (Lipinski definition) is 2. The zero-order valence-electron chi connectivity index (χ0n) is 10.8. The molecule has 1 aliphatic heterocycles. The van der Waals surface area contributed by atoms with Crippen LogP contribution in [0.15, 0.2) is 0 Å². The normalized spacial score (nSPS) is 35.6. The van der Waals surface area contributed by atoms with E-state index in [1.807, 2.05) is 0 Å². The van der Waals surface area contributed by atoms with E-state index < -0.39 is 0 Å². The molecule has 1 heterocycles. The fourth-order valence-corrected chi connectivity index (χ4v) is 3.82. The second-order valence-electron chi connectivity index (χ2n) is 6.01. The summed E-state index contributed by atoms with van der Waals surface area (Å²) in [6.07, 6.45) is 6.12. The topological polar surface area (TPSA) is 29.5 Å². The molecule has 2 unspecified atom stereocenters. The standard InChI is InChI=1S/C14H22BrNO2/c15-3-6-18-13-1-4-16(5-2-13)14(17)12-8-10-7-11(10)9-12/h10-13H,1-9H2. The number of nitrogens with zero attached hydrogens (tertiary/aromatic N) is 1. The van der Waals surface area contributed by atoms with Crippen LogP contribution in [-0.2, 0) is 9.53 Å². The molecular weight excluding hydrogens is 294 g/mol. The molecule has 2 saturated carbocycles. The molecule has 0 radical (unpaired) electrons. The van der Waals surface area contributed by atoms with Crippen molar-refractivity contribution in [3.63, 3.8) is 0 Å². The second-order valence-corrected chi connectivity index (χ2v) is 6.80. The summed E-state index contributed by atoms with van der Waals surface area (Å²) in [5.74, 6) is 2.59. The predicted octanol–water partition coefficient (Wildman–Crippen LogP) is 2.44. The number of piperidine rings is 1. The number of rotatable bonds is 4. The van der Waals surface area contributed by atoms with E-state index in [0.717, 1.165) is 49.7 Å². The van der Waals surface area contributed by atoms with Crippen LogP contribution in [0.5, 0.6) is 0 Å². The highest BCUT2D eigenvalue weighted by atomic mass is 79.9. The highest BCUT2D eigenvalue weighted by molar-refractivity contribution is 9.09. The number of ether oxygens (including phenoxy) is 1. The van der Waals surface area contributed by atoms with Crippen LogP contribution >= 0.6 is 15.9 Å². The number of carbonyl (C=O) groups is 1. The SMILES string of the molecule is O=C(C1CC2CC2C1)N1CCC(OCCBr)CC1. The van der Waals surface area contributed by atoms with Gasteiger partial charge in [0.1, 0.15) is 0 Å². The molecule has 0 aromatic carbocycles. The van der Waals surface area contributed by atoms with Crippen LogP contribution in [0.2, 0.25) is 0 Å². The number of carbonyl (C=O) groups excluding carboxylic acids is 1.